The molecule has 1 N–H and O–H groups in total. The highest BCUT2D eigenvalue weighted by Gasteiger charge is 2.46. The summed E-state index contributed by atoms with van der Waals surface area (Å²) in [5.74, 6) is 0.883. The zero-order valence-electron chi connectivity index (χ0n) is 16.7. The third-order valence-corrected chi connectivity index (χ3v) is 5.59. The zero-order valence-corrected chi connectivity index (χ0v) is 16.7. The van der Waals surface area contributed by atoms with Gasteiger partial charge in [-0.1, -0.05) is 26.0 Å². The first-order valence-electron chi connectivity index (χ1n) is 9.95. The molecule has 150 valence electrons. The molecular weight excluding hydrogens is 345 g/mol. The molecule has 2 fully saturated rings. The summed E-state index contributed by atoms with van der Waals surface area (Å²) in [6.07, 6.45) is 2.05. The average Bonchev–Trinajstić information content (AvgIpc) is 2.64. The van der Waals surface area contributed by atoms with E-state index in [1.54, 1.807) is 12.0 Å². The smallest absolute Gasteiger partial charge is 0.225 e. The number of hydrogen-bond acceptors (Lipinski definition) is 4. The Kier molecular flexibility index (Phi) is 6.37. The normalized spacial score (nSPS) is 20.6. The van der Waals surface area contributed by atoms with Gasteiger partial charge in [-0.3, -0.25) is 9.69 Å². The second-order valence-corrected chi connectivity index (χ2v) is 8.28. The van der Waals surface area contributed by atoms with Crippen molar-refractivity contribution in [3.05, 3.63) is 29.8 Å². The van der Waals surface area contributed by atoms with E-state index in [4.69, 9.17) is 4.74 Å². The molecule has 0 saturated carbocycles. The number of hydrogen-bond donors (Lipinski definition) is 1. The maximum Gasteiger partial charge on any atom is 0.225 e. The van der Waals surface area contributed by atoms with Crippen LogP contribution in [-0.2, 0) is 11.3 Å². The summed E-state index contributed by atoms with van der Waals surface area (Å²) in [7, 11) is 1.69. The standard InChI is InChI=1S/C21H32FN3O2/c1-16(2)20(26)25-14-21(22,15-25)13-23-18-7-9-24(10-8-18)12-17-5-4-6-19(11-17)27-3/h4-6,11,16,18,23H,7-10,12-15H2,1-3H3. The maximum atomic E-state index is 14.7. The number of ether oxygens (including phenoxy) is 1. The van der Waals surface area contributed by atoms with E-state index in [1.807, 2.05) is 26.0 Å². The molecule has 2 heterocycles. The van der Waals surface area contributed by atoms with Crippen molar-refractivity contribution in [2.24, 2.45) is 5.92 Å². The predicted octanol–water partition coefficient (Wildman–Crippen LogP) is 2.46. The van der Waals surface area contributed by atoms with Crippen molar-refractivity contribution < 1.29 is 13.9 Å². The summed E-state index contributed by atoms with van der Waals surface area (Å²) in [4.78, 5) is 15.9. The van der Waals surface area contributed by atoms with Crippen LogP contribution in [0.3, 0.4) is 0 Å². The molecule has 1 aromatic carbocycles. The van der Waals surface area contributed by atoms with Crippen molar-refractivity contribution in [1.29, 1.82) is 0 Å². The van der Waals surface area contributed by atoms with Gasteiger partial charge >= 0.3 is 0 Å². The Labute approximate surface area is 161 Å². The molecule has 0 radical (unpaired) electrons. The molecule has 0 aliphatic carbocycles. The number of methoxy groups -OCH3 is 1. The van der Waals surface area contributed by atoms with Crippen molar-refractivity contribution in [3.63, 3.8) is 0 Å². The van der Waals surface area contributed by atoms with Crippen molar-refractivity contribution in [2.45, 2.75) is 44.9 Å². The molecule has 2 saturated heterocycles. The number of nitrogens with one attached hydrogen (secondary N) is 1. The van der Waals surface area contributed by atoms with E-state index in [-0.39, 0.29) is 24.9 Å². The highest BCUT2D eigenvalue weighted by Crippen LogP contribution is 2.27. The van der Waals surface area contributed by atoms with Gasteiger partial charge in [-0.15, -0.1) is 0 Å². The molecular formula is C21H32FN3O2. The minimum absolute atomic E-state index is 0.0501. The van der Waals surface area contributed by atoms with Crippen LogP contribution in [0.5, 0.6) is 5.75 Å². The Morgan fingerprint density at radius 3 is 2.67 bits per heavy atom. The first-order chi connectivity index (χ1) is 12.9. The highest BCUT2D eigenvalue weighted by atomic mass is 19.1. The maximum absolute atomic E-state index is 14.7. The van der Waals surface area contributed by atoms with Crippen molar-refractivity contribution >= 4 is 5.91 Å². The fourth-order valence-corrected chi connectivity index (χ4v) is 3.92. The summed E-state index contributed by atoms with van der Waals surface area (Å²) in [5, 5.41) is 3.40. The first kappa shape index (κ1) is 20.1. The SMILES string of the molecule is COc1cccc(CN2CCC(NCC3(F)CN(C(=O)C(C)C)C3)CC2)c1. The van der Waals surface area contributed by atoms with E-state index >= 15 is 0 Å². The molecule has 5 nitrogen and oxygen atoms in total. The minimum atomic E-state index is -1.26. The third kappa shape index (κ3) is 5.20. The van der Waals surface area contributed by atoms with Gasteiger partial charge in [0.1, 0.15) is 5.75 Å². The summed E-state index contributed by atoms with van der Waals surface area (Å²) in [6.45, 7) is 7.45. The number of carbonyl (C=O) groups is 1. The number of alkyl halides is 1. The molecule has 0 atom stereocenters. The van der Waals surface area contributed by atoms with Crippen LogP contribution in [0, 0.1) is 5.92 Å². The number of amides is 1. The van der Waals surface area contributed by atoms with Gasteiger partial charge in [0.2, 0.25) is 5.91 Å². The van der Waals surface area contributed by atoms with Gasteiger partial charge in [0.25, 0.3) is 0 Å². The average molecular weight is 378 g/mol. The molecule has 0 bridgehead atoms. The molecule has 27 heavy (non-hydrogen) atoms. The molecule has 1 aromatic rings. The van der Waals surface area contributed by atoms with Gasteiger partial charge in [-0.05, 0) is 43.6 Å². The molecule has 3 rings (SSSR count). The number of likely N-dealkylation sites (tertiary alicyclic amines) is 2. The van der Waals surface area contributed by atoms with Gasteiger partial charge in [-0.25, -0.2) is 4.39 Å². The lowest BCUT2D eigenvalue weighted by molar-refractivity contribution is -0.148. The number of halogens is 1. The summed E-state index contributed by atoms with van der Waals surface area (Å²) in [6, 6.07) is 8.55. The molecule has 6 heteroatoms. The Bertz CT molecular complexity index is 638. The van der Waals surface area contributed by atoms with E-state index in [1.165, 1.54) is 5.56 Å². The quantitative estimate of drug-likeness (QED) is 0.793. The number of rotatable bonds is 7. The summed E-state index contributed by atoms with van der Waals surface area (Å²) >= 11 is 0. The Balaban J connectivity index is 1.37. The van der Waals surface area contributed by atoms with Crippen LogP contribution < -0.4 is 10.1 Å². The zero-order chi connectivity index (χ0) is 19.4. The molecule has 2 aliphatic heterocycles. The minimum Gasteiger partial charge on any atom is -0.497 e. The predicted molar refractivity (Wildman–Crippen MR) is 105 cm³/mol. The lowest BCUT2D eigenvalue weighted by atomic mass is 9.93. The van der Waals surface area contributed by atoms with Crippen LogP contribution in [0.1, 0.15) is 32.3 Å². The van der Waals surface area contributed by atoms with Gasteiger partial charge in [-0.2, -0.15) is 0 Å². The second-order valence-electron chi connectivity index (χ2n) is 8.28. The monoisotopic (exact) mass is 377 g/mol. The fraction of sp³-hybridized carbons (Fsp3) is 0.667. The number of benzene rings is 1. The highest BCUT2D eigenvalue weighted by molar-refractivity contribution is 5.79. The number of piperidine rings is 1. The van der Waals surface area contributed by atoms with E-state index in [0.29, 0.717) is 12.6 Å². The van der Waals surface area contributed by atoms with E-state index < -0.39 is 5.67 Å². The van der Waals surface area contributed by atoms with E-state index in [9.17, 15) is 9.18 Å². The Hall–Kier alpha value is -1.66. The number of nitrogens with zero attached hydrogens (tertiary/aromatic N) is 2. The molecule has 0 spiro atoms. The van der Waals surface area contributed by atoms with E-state index in [0.717, 1.165) is 38.2 Å². The van der Waals surface area contributed by atoms with Crippen LogP contribution in [0.25, 0.3) is 0 Å². The molecule has 0 aromatic heterocycles. The van der Waals surface area contributed by atoms with Crippen LogP contribution in [0.4, 0.5) is 4.39 Å². The van der Waals surface area contributed by atoms with Crippen molar-refractivity contribution in [1.82, 2.24) is 15.1 Å². The summed E-state index contributed by atoms with van der Waals surface area (Å²) < 4.78 is 20.0. The lowest BCUT2D eigenvalue weighted by Gasteiger charge is -2.46. The summed E-state index contributed by atoms with van der Waals surface area (Å²) in [5.41, 5.74) is -0.00436. The third-order valence-electron chi connectivity index (χ3n) is 5.59. The van der Waals surface area contributed by atoms with Crippen molar-refractivity contribution in [2.75, 3.05) is 39.8 Å². The van der Waals surface area contributed by atoms with E-state index in [2.05, 4.69) is 22.3 Å². The van der Waals surface area contributed by atoms with Gasteiger partial charge in [0, 0.05) is 25.0 Å². The van der Waals surface area contributed by atoms with Gasteiger partial charge < -0.3 is 15.0 Å². The molecule has 1 amide bonds. The first-order valence-corrected chi connectivity index (χ1v) is 9.95. The van der Waals surface area contributed by atoms with Gasteiger partial charge in [0.05, 0.1) is 20.2 Å². The number of carbonyl (C=O) groups excluding carboxylic acids is 1. The molecule has 0 unspecified atom stereocenters. The lowest BCUT2D eigenvalue weighted by Crippen LogP contribution is -2.66. The Morgan fingerprint density at radius 1 is 1.33 bits per heavy atom. The second kappa shape index (κ2) is 8.57. The van der Waals surface area contributed by atoms with Crippen LogP contribution in [-0.4, -0.2) is 67.3 Å². The topological polar surface area (TPSA) is 44.8 Å². The van der Waals surface area contributed by atoms with Crippen LogP contribution in [0.2, 0.25) is 0 Å². The van der Waals surface area contributed by atoms with Crippen LogP contribution in [0.15, 0.2) is 24.3 Å². The molecule has 2 aliphatic rings. The Morgan fingerprint density at radius 2 is 2.04 bits per heavy atom. The largest absolute Gasteiger partial charge is 0.497 e. The fourth-order valence-electron chi connectivity index (χ4n) is 3.92. The van der Waals surface area contributed by atoms with Gasteiger partial charge in [0.15, 0.2) is 5.67 Å². The van der Waals surface area contributed by atoms with Crippen molar-refractivity contribution in [3.8, 4) is 5.75 Å². The van der Waals surface area contributed by atoms with Crippen LogP contribution >= 0.6 is 0 Å².